The standard InChI is InChI=1S/C23H28F3N3O4S2/c1-3-28(16-18-5-7-20(8-6-18)23(24,25)26)21-9-11-22(12-10-21)35(32,33)29-14-13-19(17-29)15-27-34(30,31)4-2/h4-12,19,27H,2-3,13-17H2,1H3. The first-order valence-electron chi connectivity index (χ1n) is 11.0. The highest BCUT2D eigenvalue weighted by Gasteiger charge is 2.33. The number of anilines is 1. The maximum atomic E-state index is 13.1. The Morgan fingerprint density at radius 2 is 1.71 bits per heavy atom. The second-order valence-corrected chi connectivity index (χ2v) is 11.9. The Balaban J connectivity index is 1.66. The Hall–Kier alpha value is -2.41. The van der Waals surface area contributed by atoms with Gasteiger partial charge in [-0.15, -0.1) is 0 Å². The van der Waals surface area contributed by atoms with E-state index in [9.17, 15) is 30.0 Å². The number of nitrogens with one attached hydrogen (secondary N) is 1. The van der Waals surface area contributed by atoms with Gasteiger partial charge < -0.3 is 4.90 Å². The van der Waals surface area contributed by atoms with Crippen molar-refractivity contribution in [3.05, 3.63) is 71.6 Å². The van der Waals surface area contributed by atoms with E-state index in [0.717, 1.165) is 23.2 Å². The van der Waals surface area contributed by atoms with E-state index >= 15 is 0 Å². The molecule has 12 heteroatoms. The highest BCUT2D eigenvalue weighted by atomic mass is 32.2. The van der Waals surface area contributed by atoms with E-state index in [-0.39, 0.29) is 23.9 Å². The number of halogens is 3. The second kappa shape index (κ2) is 10.7. The highest BCUT2D eigenvalue weighted by Crippen LogP contribution is 2.30. The van der Waals surface area contributed by atoms with Crippen LogP contribution < -0.4 is 9.62 Å². The van der Waals surface area contributed by atoms with Crippen LogP contribution in [0.1, 0.15) is 24.5 Å². The fourth-order valence-electron chi connectivity index (χ4n) is 3.86. The van der Waals surface area contributed by atoms with E-state index in [1.54, 1.807) is 12.1 Å². The van der Waals surface area contributed by atoms with Crippen LogP contribution in [0.2, 0.25) is 0 Å². The first-order chi connectivity index (χ1) is 16.4. The van der Waals surface area contributed by atoms with Crippen molar-refractivity contribution in [2.24, 2.45) is 5.92 Å². The molecule has 1 heterocycles. The van der Waals surface area contributed by atoms with E-state index in [0.29, 0.717) is 31.6 Å². The van der Waals surface area contributed by atoms with Crippen molar-refractivity contribution in [1.29, 1.82) is 0 Å². The summed E-state index contributed by atoms with van der Waals surface area (Å²) in [4.78, 5) is 2.05. The fourth-order valence-corrected chi connectivity index (χ4v) is 5.98. The molecule has 1 unspecified atom stereocenters. The lowest BCUT2D eigenvalue weighted by Crippen LogP contribution is -2.32. The highest BCUT2D eigenvalue weighted by molar-refractivity contribution is 7.92. The molecule has 7 nitrogen and oxygen atoms in total. The zero-order chi connectivity index (χ0) is 25.9. The molecule has 0 aromatic heterocycles. The Morgan fingerprint density at radius 3 is 2.26 bits per heavy atom. The lowest BCUT2D eigenvalue weighted by atomic mass is 10.1. The lowest BCUT2D eigenvalue weighted by molar-refractivity contribution is -0.137. The Labute approximate surface area is 204 Å². The Bertz CT molecular complexity index is 1230. The molecule has 0 bridgehead atoms. The van der Waals surface area contributed by atoms with Crippen LogP contribution in [0.25, 0.3) is 0 Å². The maximum absolute atomic E-state index is 13.1. The Morgan fingerprint density at radius 1 is 1.09 bits per heavy atom. The van der Waals surface area contributed by atoms with Crippen molar-refractivity contribution in [3.8, 4) is 0 Å². The van der Waals surface area contributed by atoms with Crippen LogP contribution in [0.5, 0.6) is 0 Å². The average molecular weight is 532 g/mol. The predicted octanol–water partition coefficient (Wildman–Crippen LogP) is 3.81. The van der Waals surface area contributed by atoms with Crippen molar-refractivity contribution in [1.82, 2.24) is 9.03 Å². The molecule has 1 fully saturated rings. The van der Waals surface area contributed by atoms with Crippen molar-refractivity contribution < 1.29 is 30.0 Å². The summed E-state index contributed by atoms with van der Waals surface area (Å²) in [6.45, 7) is 6.71. The molecule has 1 atom stereocenters. The molecule has 0 radical (unpaired) electrons. The predicted molar refractivity (Wildman–Crippen MR) is 129 cm³/mol. The van der Waals surface area contributed by atoms with Gasteiger partial charge in [-0.3, -0.25) is 0 Å². The van der Waals surface area contributed by atoms with Gasteiger partial charge in [0.2, 0.25) is 20.0 Å². The molecule has 1 aliphatic rings. The number of hydrogen-bond donors (Lipinski definition) is 1. The largest absolute Gasteiger partial charge is 0.416 e. The van der Waals surface area contributed by atoms with E-state index in [2.05, 4.69) is 11.3 Å². The molecule has 1 saturated heterocycles. The van der Waals surface area contributed by atoms with E-state index < -0.39 is 31.8 Å². The average Bonchev–Trinajstić information content (AvgIpc) is 3.31. The van der Waals surface area contributed by atoms with Crippen LogP contribution in [0, 0.1) is 5.92 Å². The van der Waals surface area contributed by atoms with Gasteiger partial charge in [0.25, 0.3) is 0 Å². The third-order valence-electron chi connectivity index (χ3n) is 5.92. The molecule has 192 valence electrons. The van der Waals surface area contributed by atoms with Gasteiger partial charge in [-0.1, -0.05) is 18.7 Å². The summed E-state index contributed by atoms with van der Waals surface area (Å²) in [5.41, 5.74) is 0.734. The summed E-state index contributed by atoms with van der Waals surface area (Å²) in [6, 6.07) is 11.3. The number of nitrogens with zero attached hydrogens (tertiary/aromatic N) is 2. The minimum atomic E-state index is -4.39. The molecule has 3 rings (SSSR count). The first kappa shape index (κ1) is 27.2. The third kappa shape index (κ3) is 6.84. The summed E-state index contributed by atoms with van der Waals surface area (Å²) in [5.74, 6) is -0.141. The van der Waals surface area contributed by atoms with Crippen LogP contribution in [-0.4, -0.2) is 47.3 Å². The third-order valence-corrected chi connectivity index (χ3v) is 8.80. The van der Waals surface area contributed by atoms with Gasteiger partial charge >= 0.3 is 6.18 Å². The second-order valence-electron chi connectivity index (χ2n) is 8.28. The van der Waals surface area contributed by atoms with Crippen LogP contribution in [0.4, 0.5) is 18.9 Å². The zero-order valence-electron chi connectivity index (χ0n) is 19.2. The SMILES string of the molecule is C=CS(=O)(=O)NCC1CCN(S(=O)(=O)c2ccc(N(CC)Cc3ccc(C(F)(F)F)cc3)cc2)C1. The van der Waals surface area contributed by atoms with Gasteiger partial charge in [-0.2, -0.15) is 17.5 Å². The molecule has 1 N–H and O–H groups in total. The number of benzene rings is 2. The van der Waals surface area contributed by atoms with Crippen LogP contribution in [0.15, 0.2) is 65.4 Å². The monoisotopic (exact) mass is 531 g/mol. The smallest absolute Gasteiger partial charge is 0.367 e. The van der Waals surface area contributed by atoms with Crippen molar-refractivity contribution in [3.63, 3.8) is 0 Å². The first-order valence-corrected chi connectivity index (χ1v) is 14.0. The quantitative estimate of drug-likeness (QED) is 0.504. The zero-order valence-corrected chi connectivity index (χ0v) is 20.8. The molecule has 0 spiro atoms. The molecule has 35 heavy (non-hydrogen) atoms. The normalized spacial score (nSPS) is 17.4. The molecule has 1 aliphatic heterocycles. The summed E-state index contributed by atoms with van der Waals surface area (Å²) in [6.07, 6.45) is -3.85. The fraction of sp³-hybridized carbons (Fsp3) is 0.391. The van der Waals surface area contributed by atoms with Gasteiger partial charge in [-0.05, 0) is 61.2 Å². The van der Waals surface area contributed by atoms with Gasteiger partial charge in [0.05, 0.1) is 10.5 Å². The van der Waals surface area contributed by atoms with E-state index in [4.69, 9.17) is 0 Å². The molecular weight excluding hydrogens is 503 g/mol. The summed E-state index contributed by atoms with van der Waals surface area (Å²) >= 11 is 0. The summed E-state index contributed by atoms with van der Waals surface area (Å²) in [5, 5.41) is 0.815. The van der Waals surface area contributed by atoms with E-state index in [1.165, 1.54) is 28.6 Å². The number of sulfonamides is 2. The summed E-state index contributed by atoms with van der Waals surface area (Å²) < 4.78 is 91.3. The van der Waals surface area contributed by atoms with Crippen molar-refractivity contribution in [2.45, 2.75) is 31.0 Å². The van der Waals surface area contributed by atoms with Gasteiger partial charge in [0.1, 0.15) is 0 Å². The number of alkyl halides is 3. The molecule has 0 saturated carbocycles. The van der Waals surface area contributed by atoms with Crippen LogP contribution in [-0.2, 0) is 32.8 Å². The van der Waals surface area contributed by atoms with Gasteiger partial charge in [0, 0.05) is 43.8 Å². The van der Waals surface area contributed by atoms with Crippen LogP contribution >= 0.6 is 0 Å². The molecule has 2 aromatic carbocycles. The lowest BCUT2D eigenvalue weighted by Gasteiger charge is -2.24. The van der Waals surface area contributed by atoms with Gasteiger partial charge in [-0.25, -0.2) is 21.6 Å². The Kier molecular flexibility index (Phi) is 8.30. The van der Waals surface area contributed by atoms with Crippen LogP contribution in [0.3, 0.4) is 0 Å². The molecule has 0 amide bonds. The minimum absolute atomic E-state index is 0.124. The topological polar surface area (TPSA) is 86.8 Å². The summed E-state index contributed by atoms with van der Waals surface area (Å²) in [7, 11) is -7.31. The molecule has 2 aromatic rings. The van der Waals surface area contributed by atoms with Crippen molar-refractivity contribution >= 4 is 25.7 Å². The molecular formula is C23H28F3N3O4S2. The molecule has 0 aliphatic carbocycles. The van der Waals surface area contributed by atoms with E-state index in [1.807, 2.05) is 11.8 Å². The maximum Gasteiger partial charge on any atom is 0.416 e. The van der Waals surface area contributed by atoms with Gasteiger partial charge in [0.15, 0.2) is 0 Å². The van der Waals surface area contributed by atoms with Crippen molar-refractivity contribution in [2.75, 3.05) is 31.1 Å². The minimum Gasteiger partial charge on any atom is -0.367 e. The number of hydrogen-bond acceptors (Lipinski definition) is 5. The number of rotatable bonds is 10.